The second-order valence-corrected chi connectivity index (χ2v) is 6.58. The minimum atomic E-state index is -1.33. The molecule has 1 aromatic carbocycles. The largest absolute Gasteiger partial charge is 0.477 e. The van der Waals surface area contributed by atoms with Crippen molar-refractivity contribution in [1.82, 2.24) is 9.47 Å². The van der Waals surface area contributed by atoms with Gasteiger partial charge in [-0.15, -0.1) is 0 Å². The molecule has 7 nitrogen and oxygen atoms in total. The number of pyridine rings is 1. The standard InChI is InChI=1S/C19H22FN3O4/c1-2-22-11-13(19(26)27)18(25)12-9-14(20)15(10-16(12)22)21-6-4-8-23-7-3-5-17(23)24/h9-11,21H,2-8H2,1H3,(H,26,27). The van der Waals surface area contributed by atoms with E-state index in [0.717, 1.165) is 19.0 Å². The summed E-state index contributed by atoms with van der Waals surface area (Å²) in [6.07, 6.45) is 3.45. The van der Waals surface area contributed by atoms with Gasteiger partial charge in [0.05, 0.1) is 11.2 Å². The fourth-order valence-electron chi connectivity index (χ4n) is 3.39. The average Bonchev–Trinajstić information content (AvgIpc) is 3.04. The third-order valence-electron chi connectivity index (χ3n) is 4.83. The SMILES string of the molecule is CCn1cc(C(=O)O)c(=O)c2cc(F)c(NCCCN3CCCC3=O)cc21. The fraction of sp³-hybridized carbons (Fsp3) is 0.421. The maximum Gasteiger partial charge on any atom is 0.341 e. The number of carboxylic acid groups (broad SMARTS) is 1. The number of amides is 1. The summed E-state index contributed by atoms with van der Waals surface area (Å²) in [6.45, 7) is 4.15. The molecule has 2 N–H and O–H groups in total. The summed E-state index contributed by atoms with van der Waals surface area (Å²) in [7, 11) is 0. The van der Waals surface area contributed by atoms with E-state index in [-0.39, 0.29) is 22.5 Å². The van der Waals surface area contributed by atoms with Crippen molar-refractivity contribution in [2.24, 2.45) is 0 Å². The molecule has 1 aromatic heterocycles. The average molecular weight is 375 g/mol. The second kappa shape index (κ2) is 7.77. The molecule has 0 aliphatic carbocycles. The summed E-state index contributed by atoms with van der Waals surface area (Å²) in [6, 6.07) is 2.62. The lowest BCUT2D eigenvalue weighted by Gasteiger charge is -2.16. The molecule has 0 spiro atoms. The maximum absolute atomic E-state index is 14.4. The van der Waals surface area contributed by atoms with Crippen LogP contribution < -0.4 is 10.7 Å². The Morgan fingerprint density at radius 2 is 2.11 bits per heavy atom. The number of aryl methyl sites for hydroxylation is 1. The Kier molecular flexibility index (Phi) is 5.43. The van der Waals surface area contributed by atoms with E-state index in [1.165, 1.54) is 12.3 Å². The van der Waals surface area contributed by atoms with Crippen LogP contribution in [-0.4, -0.2) is 46.1 Å². The van der Waals surface area contributed by atoms with Crippen molar-refractivity contribution in [3.8, 4) is 0 Å². The van der Waals surface area contributed by atoms with Gasteiger partial charge in [-0.25, -0.2) is 9.18 Å². The van der Waals surface area contributed by atoms with Crippen LogP contribution in [0.2, 0.25) is 0 Å². The zero-order valence-electron chi connectivity index (χ0n) is 15.1. The molecule has 27 heavy (non-hydrogen) atoms. The molecule has 0 bridgehead atoms. The minimum absolute atomic E-state index is 0.0439. The number of aromatic carboxylic acids is 1. The van der Waals surface area contributed by atoms with Crippen LogP contribution in [0.5, 0.6) is 0 Å². The molecule has 0 radical (unpaired) electrons. The van der Waals surface area contributed by atoms with Gasteiger partial charge in [-0.1, -0.05) is 0 Å². The Morgan fingerprint density at radius 3 is 2.74 bits per heavy atom. The van der Waals surface area contributed by atoms with Gasteiger partial charge in [-0.05, 0) is 31.9 Å². The first-order valence-electron chi connectivity index (χ1n) is 9.04. The van der Waals surface area contributed by atoms with E-state index >= 15 is 0 Å². The van der Waals surface area contributed by atoms with Crippen molar-refractivity contribution < 1.29 is 19.1 Å². The molecule has 1 aliphatic heterocycles. The van der Waals surface area contributed by atoms with Crippen molar-refractivity contribution in [2.45, 2.75) is 32.7 Å². The minimum Gasteiger partial charge on any atom is -0.477 e. The van der Waals surface area contributed by atoms with Crippen LogP contribution in [0, 0.1) is 5.82 Å². The number of carbonyl (C=O) groups excluding carboxylic acids is 1. The Hall–Kier alpha value is -2.90. The molecule has 1 aliphatic rings. The van der Waals surface area contributed by atoms with Crippen molar-refractivity contribution in [3.63, 3.8) is 0 Å². The van der Waals surface area contributed by atoms with E-state index in [1.54, 1.807) is 9.47 Å². The summed E-state index contributed by atoms with van der Waals surface area (Å²) in [5, 5.41) is 12.2. The van der Waals surface area contributed by atoms with Gasteiger partial charge in [0.25, 0.3) is 0 Å². The number of hydrogen-bond acceptors (Lipinski definition) is 4. The van der Waals surface area contributed by atoms with E-state index in [2.05, 4.69) is 5.32 Å². The highest BCUT2D eigenvalue weighted by atomic mass is 19.1. The number of carboxylic acids is 1. The summed E-state index contributed by atoms with van der Waals surface area (Å²) >= 11 is 0. The fourth-order valence-corrected chi connectivity index (χ4v) is 3.39. The molecule has 3 rings (SSSR count). The quantitative estimate of drug-likeness (QED) is 0.725. The van der Waals surface area contributed by atoms with E-state index in [0.29, 0.717) is 38.0 Å². The number of anilines is 1. The Balaban J connectivity index is 1.81. The van der Waals surface area contributed by atoms with Gasteiger partial charge in [0, 0.05) is 44.2 Å². The van der Waals surface area contributed by atoms with Gasteiger partial charge in [0.15, 0.2) is 0 Å². The number of carbonyl (C=O) groups is 2. The number of benzene rings is 1. The van der Waals surface area contributed by atoms with Crippen molar-refractivity contribution in [1.29, 1.82) is 0 Å². The van der Waals surface area contributed by atoms with Crippen LogP contribution in [-0.2, 0) is 11.3 Å². The van der Waals surface area contributed by atoms with Crippen molar-refractivity contribution in [3.05, 3.63) is 39.9 Å². The summed E-state index contributed by atoms with van der Waals surface area (Å²) in [4.78, 5) is 37.0. The van der Waals surface area contributed by atoms with Gasteiger partial charge < -0.3 is 19.9 Å². The maximum atomic E-state index is 14.4. The van der Waals surface area contributed by atoms with Crippen molar-refractivity contribution >= 4 is 28.5 Å². The highest BCUT2D eigenvalue weighted by Crippen LogP contribution is 2.22. The van der Waals surface area contributed by atoms with E-state index in [9.17, 15) is 23.9 Å². The number of aromatic nitrogens is 1. The smallest absolute Gasteiger partial charge is 0.341 e. The van der Waals surface area contributed by atoms with Crippen LogP contribution in [0.1, 0.15) is 36.5 Å². The zero-order valence-corrected chi connectivity index (χ0v) is 15.1. The lowest BCUT2D eigenvalue weighted by atomic mass is 10.1. The number of rotatable bonds is 7. The number of fused-ring (bicyclic) bond motifs is 1. The zero-order chi connectivity index (χ0) is 19.6. The molecular formula is C19H22FN3O4. The van der Waals surface area contributed by atoms with Gasteiger partial charge in [-0.3, -0.25) is 9.59 Å². The predicted octanol–water partition coefficient (Wildman–Crippen LogP) is 2.28. The van der Waals surface area contributed by atoms with E-state index < -0.39 is 17.2 Å². The molecule has 2 heterocycles. The molecule has 1 saturated heterocycles. The summed E-state index contributed by atoms with van der Waals surface area (Å²) in [5.41, 5.74) is -0.342. The summed E-state index contributed by atoms with van der Waals surface area (Å²) < 4.78 is 16.1. The van der Waals surface area contributed by atoms with Crippen LogP contribution in [0.15, 0.2) is 23.1 Å². The third-order valence-corrected chi connectivity index (χ3v) is 4.83. The number of halogens is 1. The molecule has 1 fully saturated rings. The second-order valence-electron chi connectivity index (χ2n) is 6.58. The van der Waals surface area contributed by atoms with Crippen LogP contribution in [0.25, 0.3) is 10.9 Å². The van der Waals surface area contributed by atoms with Crippen LogP contribution >= 0.6 is 0 Å². The van der Waals surface area contributed by atoms with Gasteiger partial charge in [0.1, 0.15) is 11.4 Å². The Bertz CT molecular complexity index is 954. The molecule has 2 aromatic rings. The highest BCUT2D eigenvalue weighted by molar-refractivity contribution is 5.93. The lowest BCUT2D eigenvalue weighted by Crippen LogP contribution is -2.27. The first kappa shape index (κ1) is 18.9. The van der Waals surface area contributed by atoms with Crippen LogP contribution in [0.3, 0.4) is 0 Å². The van der Waals surface area contributed by atoms with Gasteiger partial charge >= 0.3 is 5.97 Å². The van der Waals surface area contributed by atoms with Crippen LogP contribution in [0.4, 0.5) is 10.1 Å². The molecule has 0 saturated carbocycles. The first-order chi connectivity index (χ1) is 12.9. The predicted molar refractivity (Wildman–Crippen MR) is 99.7 cm³/mol. The lowest BCUT2D eigenvalue weighted by molar-refractivity contribution is -0.127. The Morgan fingerprint density at radius 1 is 1.33 bits per heavy atom. The monoisotopic (exact) mass is 375 g/mol. The highest BCUT2D eigenvalue weighted by Gasteiger charge is 2.19. The van der Waals surface area contributed by atoms with Gasteiger partial charge in [-0.2, -0.15) is 0 Å². The third kappa shape index (κ3) is 3.79. The number of likely N-dealkylation sites (tertiary alicyclic amines) is 1. The number of nitrogens with one attached hydrogen (secondary N) is 1. The van der Waals surface area contributed by atoms with Crippen molar-refractivity contribution in [2.75, 3.05) is 25.0 Å². The number of nitrogens with zero attached hydrogens (tertiary/aromatic N) is 2. The van der Waals surface area contributed by atoms with E-state index in [1.807, 2.05) is 6.92 Å². The molecular weight excluding hydrogens is 353 g/mol. The molecule has 0 atom stereocenters. The topological polar surface area (TPSA) is 91.6 Å². The molecule has 8 heteroatoms. The molecule has 144 valence electrons. The molecule has 0 unspecified atom stereocenters. The Labute approximate surface area is 155 Å². The van der Waals surface area contributed by atoms with E-state index in [4.69, 9.17) is 0 Å². The first-order valence-corrected chi connectivity index (χ1v) is 9.04. The summed E-state index contributed by atoms with van der Waals surface area (Å²) in [5.74, 6) is -1.78. The number of hydrogen-bond donors (Lipinski definition) is 2. The van der Waals surface area contributed by atoms with Gasteiger partial charge in [0.2, 0.25) is 11.3 Å². The molecule has 1 amide bonds. The normalized spacial score (nSPS) is 14.1.